The summed E-state index contributed by atoms with van der Waals surface area (Å²) in [4.78, 5) is 0. The summed E-state index contributed by atoms with van der Waals surface area (Å²) in [7, 11) is 0. The topological polar surface area (TPSA) is 0 Å². The maximum Gasteiger partial charge on any atom is -0.0162 e. The van der Waals surface area contributed by atoms with E-state index in [1.807, 2.05) is 0 Å². The van der Waals surface area contributed by atoms with Crippen LogP contribution in [-0.4, -0.2) is 0 Å². The summed E-state index contributed by atoms with van der Waals surface area (Å²) in [5.41, 5.74) is 3.02. The zero-order valence-electron chi connectivity index (χ0n) is 9.46. The van der Waals surface area contributed by atoms with Crippen LogP contribution in [-0.2, 0) is 0 Å². The van der Waals surface area contributed by atoms with Crippen molar-refractivity contribution >= 4 is 0 Å². The number of hydrogen-bond donors (Lipinski definition) is 0. The van der Waals surface area contributed by atoms with Crippen LogP contribution < -0.4 is 0 Å². The Hall–Kier alpha value is -0.780. The van der Waals surface area contributed by atoms with Crippen molar-refractivity contribution in [2.24, 2.45) is 5.92 Å². The van der Waals surface area contributed by atoms with Crippen molar-refractivity contribution in [2.75, 3.05) is 0 Å². The second kappa shape index (κ2) is 3.76. The molecule has 76 valence electrons. The van der Waals surface area contributed by atoms with E-state index in [0.717, 1.165) is 11.8 Å². The van der Waals surface area contributed by atoms with Crippen molar-refractivity contribution < 1.29 is 0 Å². The van der Waals surface area contributed by atoms with Crippen LogP contribution in [0.3, 0.4) is 0 Å². The van der Waals surface area contributed by atoms with Gasteiger partial charge in [-0.15, -0.1) is 0 Å². The zero-order chi connectivity index (χ0) is 10.1. The summed E-state index contributed by atoms with van der Waals surface area (Å²) < 4.78 is 0. The van der Waals surface area contributed by atoms with Crippen LogP contribution in [0, 0.1) is 5.92 Å². The quantitative estimate of drug-likeness (QED) is 0.662. The van der Waals surface area contributed by atoms with Gasteiger partial charge in [-0.3, -0.25) is 0 Å². The molecule has 1 fully saturated rings. The Morgan fingerprint density at radius 2 is 1.71 bits per heavy atom. The minimum absolute atomic E-state index is 0.654. The molecule has 14 heavy (non-hydrogen) atoms. The Kier molecular flexibility index (Phi) is 2.62. The van der Waals surface area contributed by atoms with Gasteiger partial charge in [0, 0.05) is 0 Å². The van der Waals surface area contributed by atoms with E-state index >= 15 is 0 Å². The Bertz CT molecular complexity index is 308. The van der Waals surface area contributed by atoms with Crippen LogP contribution in [0.5, 0.6) is 0 Å². The third kappa shape index (κ3) is 2.00. The van der Waals surface area contributed by atoms with Crippen LogP contribution in [0.15, 0.2) is 24.3 Å². The summed E-state index contributed by atoms with van der Waals surface area (Å²) in [6.45, 7) is 6.90. The lowest BCUT2D eigenvalue weighted by molar-refractivity contribution is 0.662. The van der Waals surface area contributed by atoms with Gasteiger partial charge in [-0.2, -0.15) is 0 Å². The molecule has 1 aliphatic carbocycles. The molecule has 0 aliphatic heterocycles. The van der Waals surface area contributed by atoms with Crippen LogP contribution in [0.25, 0.3) is 0 Å². The van der Waals surface area contributed by atoms with Gasteiger partial charge in [-0.1, -0.05) is 45.0 Å². The Morgan fingerprint density at radius 3 is 2.29 bits per heavy atom. The van der Waals surface area contributed by atoms with Gasteiger partial charge in [-0.05, 0) is 41.7 Å². The van der Waals surface area contributed by atoms with Crippen molar-refractivity contribution in [1.82, 2.24) is 0 Å². The van der Waals surface area contributed by atoms with Gasteiger partial charge in [0.25, 0.3) is 0 Å². The fraction of sp³-hybridized carbons (Fsp3) is 0.571. The van der Waals surface area contributed by atoms with E-state index in [2.05, 4.69) is 45.0 Å². The number of rotatable bonds is 3. The second-order valence-corrected chi connectivity index (χ2v) is 4.95. The molecule has 0 spiro atoms. The molecule has 0 amide bonds. The van der Waals surface area contributed by atoms with Crippen LogP contribution in [0.2, 0.25) is 0 Å². The first-order valence-electron chi connectivity index (χ1n) is 5.78. The van der Waals surface area contributed by atoms with Crippen molar-refractivity contribution in [3.63, 3.8) is 0 Å². The largest absolute Gasteiger partial charge is 0.0617 e. The summed E-state index contributed by atoms with van der Waals surface area (Å²) in [6, 6.07) is 9.14. The molecule has 0 heteroatoms. The summed E-state index contributed by atoms with van der Waals surface area (Å²) in [5, 5.41) is 0. The molecule has 0 heterocycles. The standard InChI is InChI=1S/C14H20/c1-10(2)13-5-4-6-14(9-13)11(3)12-7-8-12/h4-6,9-12H,7-8H2,1-3H3/t11-/m1/s1. The van der Waals surface area contributed by atoms with Crippen molar-refractivity contribution in [3.8, 4) is 0 Å². The first-order valence-corrected chi connectivity index (χ1v) is 5.78. The van der Waals surface area contributed by atoms with Gasteiger partial charge in [-0.25, -0.2) is 0 Å². The molecular formula is C14H20. The van der Waals surface area contributed by atoms with E-state index in [1.165, 1.54) is 18.4 Å². The molecule has 1 atom stereocenters. The summed E-state index contributed by atoms with van der Waals surface area (Å²) in [5.74, 6) is 2.40. The third-order valence-electron chi connectivity index (χ3n) is 3.43. The molecule has 0 radical (unpaired) electrons. The molecule has 1 saturated carbocycles. The Balaban J connectivity index is 2.20. The van der Waals surface area contributed by atoms with Crippen molar-refractivity contribution in [3.05, 3.63) is 35.4 Å². The van der Waals surface area contributed by atoms with Gasteiger partial charge in [0.05, 0.1) is 0 Å². The molecule has 0 unspecified atom stereocenters. The maximum absolute atomic E-state index is 2.40. The first kappa shape index (κ1) is 9.76. The van der Waals surface area contributed by atoms with Crippen molar-refractivity contribution in [2.45, 2.75) is 45.4 Å². The van der Waals surface area contributed by atoms with Crippen LogP contribution >= 0.6 is 0 Å². The lowest BCUT2D eigenvalue weighted by Gasteiger charge is -2.13. The van der Waals surface area contributed by atoms with Gasteiger partial charge in [0.15, 0.2) is 0 Å². The predicted molar refractivity (Wildman–Crippen MR) is 61.7 cm³/mol. The molecule has 1 aromatic carbocycles. The van der Waals surface area contributed by atoms with Gasteiger partial charge >= 0.3 is 0 Å². The van der Waals surface area contributed by atoms with Gasteiger partial charge < -0.3 is 0 Å². The zero-order valence-corrected chi connectivity index (χ0v) is 9.46. The SMILES string of the molecule is CC(C)c1cccc([C@H](C)C2CC2)c1. The highest BCUT2D eigenvalue weighted by atomic mass is 14.3. The normalized spacial score (nSPS) is 18.6. The van der Waals surface area contributed by atoms with Gasteiger partial charge in [0.1, 0.15) is 0 Å². The molecule has 0 aromatic heterocycles. The molecule has 0 saturated heterocycles. The first-order chi connectivity index (χ1) is 6.68. The van der Waals surface area contributed by atoms with E-state index in [0.29, 0.717) is 5.92 Å². The molecule has 2 rings (SSSR count). The molecule has 0 N–H and O–H groups in total. The third-order valence-corrected chi connectivity index (χ3v) is 3.43. The second-order valence-electron chi connectivity index (χ2n) is 4.95. The fourth-order valence-corrected chi connectivity index (χ4v) is 2.07. The molecule has 1 aromatic rings. The minimum atomic E-state index is 0.654. The van der Waals surface area contributed by atoms with E-state index in [4.69, 9.17) is 0 Å². The van der Waals surface area contributed by atoms with E-state index in [-0.39, 0.29) is 0 Å². The average Bonchev–Trinajstić information content (AvgIpc) is 3.00. The highest BCUT2D eigenvalue weighted by Gasteiger charge is 2.28. The highest BCUT2D eigenvalue weighted by molar-refractivity contribution is 5.29. The van der Waals surface area contributed by atoms with E-state index in [9.17, 15) is 0 Å². The Labute approximate surface area is 87.3 Å². The summed E-state index contributed by atoms with van der Waals surface area (Å²) >= 11 is 0. The smallest absolute Gasteiger partial charge is 0.0162 e. The molecular weight excluding hydrogens is 168 g/mol. The van der Waals surface area contributed by atoms with E-state index in [1.54, 1.807) is 5.56 Å². The Morgan fingerprint density at radius 1 is 1.07 bits per heavy atom. The number of benzene rings is 1. The van der Waals surface area contributed by atoms with Crippen molar-refractivity contribution in [1.29, 1.82) is 0 Å². The monoisotopic (exact) mass is 188 g/mol. The van der Waals surface area contributed by atoms with E-state index < -0.39 is 0 Å². The predicted octanol–water partition coefficient (Wildman–Crippen LogP) is 4.32. The molecule has 0 nitrogen and oxygen atoms in total. The lowest BCUT2D eigenvalue weighted by atomic mass is 9.92. The van der Waals surface area contributed by atoms with Crippen LogP contribution in [0.1, 0.15) is 56.6 Å². The lowest BCUT2D eigenvalue weighted by Crippen LogP contribution is -1.97. The fourth-order valence-electron chi connectivity index (χ4n) is 2.07. The van der Waals surface area contributed by atoms with Gasteiger partial charge in [0.2, 0.25) is 0 Å². The molecule has 1 aliphatic rings. The minimum Gasteiger partial charge on any atom is -0.0617 e. The maximum atomic E-state index is 2.40. The summed E-state index contributed by atoms with van der Waals surface area (Å²) in [6.07, 6.45) is 2.88. The molecule has 0 bridgehead atoms. The van der Waals surface area contributed by atoms with Crippen LogP contribution in [0.4, 0.5) is 0 Å². The number of hydrogen-bond acceptors (Lipinski definition) is 0. The highest BCUT2D eigenvalue weighted by Crippen LogP contribution is 2.42. The average molecular weight is 188 g/mol.